The summed E-state index contributed by atoms with van der Waals surface area (Å²) in [5.41, 5.74) is 5.36. The van der Waals surface area contributed by atoms with Gasteiger partial charge in [-0.05, 0) is 13.5 Å². The van der Waals surface area contributed by atoms with Crippen molar-refractivity contribution in [3.05, 3.63) is 0 Å². The molecule has 0 aliphatic heterocycles. The lowest BCUT2D eigenvalue weighted by atomic mass is 10.1. The van der Waals surface area contributed by atoms with E-state index in [0.717, 1.165) is 4.90 Å². The highest BCUT2D eigenvalue weighted by molar-refractivity contribution is 5.77. The lowest BCUT2D eigenvalue weighted by Gasteiger charge is -2.34. The van der Waals surface area contributed by atoms with E-state index < -0.39 is 18.3 Å². The van der Waals surface area contributed by atoms with Crippen LogP contribution in [-0.4, -0.2) is 61.2 Å². The molecule has 0 spiro atoms. The van der Waals surface area contributed by atoms with Crippen LogP contribution in [0.2, 0.25) is 0 Å². The lowest BCUT2D eigenvalue weighted by molar-refractivity contribution is -0.188. The number of alkyl halides is 3. The molecular formula is C10H20F3N3O. The van der Waals surface area contributed by atoms with Crippen LogP contribution < -0.4 is 5.73 Å². The number of likely N-dealkylation sites (N-methyl/N-ethyl adjacent to an activating group) is 2. The highest BCUT2D eigenvalue weighted by Gasteiger charge is 2.45. The van der Waals surface area contributed by atoms with Crippen molar-refractivity contribution in [2.75, 3.05) is 27.2 Å². The van der Waals surface area contributed by atoms with Gasteiger partial charge in [0.15, 0.2) is 0 Å². The van der Waals surface area contributed by atoms with Gasteiger partial charge < -0.3 is 10.6 Å². The Morgan fingerprint density at radius 2 is 1.82 bits per heavy atom. The van der Waals surface area contributed by atoms with Crippen LogP contribution in [0, 0.1) is 0 Å². The molecule has 0 rings (SSSR count). The van der Waals surface area contributed by atoms with Gasteiger partial charge in [-0.15, -0.1) is 0 Å². The highest BCUT2D eigenvalue weighted by atomic mass is 19.4. The van der Waals surface area contributed by atoms with Crippen molar-refractivity contribution in [2.24, 2.45) is 5.73 Å². The molecule has 102 valence electrons. The fraction of sp³-hybridized carbons (Fsp3) is 0.900. The van der Waals surface area contributed by atoms with Crippen molar-refractivity contribution >= 4 is 5.91 Å². The highest BCUT2D eigenvalue weighted by Crippen LogP contribution is 2.26. The van der Waals surface area contributed by atoms with E-state index in [1.54, 1.807) is 6.92 Å². The number of carbonyl (C=O) groups is 1. The van der Waals surface area contributed by atoms with Crippen molar-refractivity contribution in [3.8, 4) is 0 Å². The van der Waals surface area contributed by atoms with Crippen LogP contribution in [0.5, 0.6) is 0 Å². The zero-order chi connectivity index (χ0) is 13.8. The minimum absolute atomic E-state index is 0.116. The van der Waals surface area contributed by atoms with Gasteiger partial charge in [0, 0.05) is 20.1 Å². The molecule has 0 aromatic rings. The minimum Gasteiger partial charge on any atom is -0.348 e. The first-order valence-electron chi connectivity index (χ1n) is 5.37. The Hall–Kier alpha value is -0.820. The van der Waals surface area contributed by atoms with Gasteiger partial charge in [0.1, 0.15) is 6.04 Å². The maximum atomic E-state index is 12.8. The topological polar surface area (TPSA) is 49.6 Å². The molecule has 0 heterocycles. The molecule has 0 saturated carbocycles. The lowest BCUT2D eigenvalue weighted by Crippen LogP contribution is -2.57. The molecule has 4 nitrogen and oxygen atoms in total. The second kappa shape index (κ2) is 6.20. The summed E-state index contributed by atoms with van der Waals surface area (Å²) in [6.07, 6.45) is -4.43. The SMILES string of the molecule is CCN(CC(=O)N(C)C)C(C(C)N)C(F)(F)F. The third-order valence-corrected chi connectivity index (χ3v) is 2.47. The van der Waals surface area contributed by atoms with Crippen LogP contribution in [0.1, 0.15) is 13.8 Å². The number of carbonyl (C=O) groups excluding carboxylic acids is 1. The van der Waals surface area contributed by atoms with E-state index in [-0.39, 0.29) is 19.0 Å². The first-order valence-corrected chi connectivity index (χ1v) is 5.37. The molecule has 0 radical (unpaired) electrons. The van der Waals surface area contributed by atoms with Gasteiger partial charge in [0.25, 0.3) is 0 Å². The summed E-state index contributed by atoms with van der Waals surface area (Å²) in [5.74, 6) is -0.373. The minimum atomic E-state index is -4.43. The smallest absolute Gasteiger partial charge is 0.348 e. The van der Waals surface area contributed by atoms with Crippen LogP contribution in [0.15, 0.2) is 0 Å². The zero-order valence-electron chi connectivity index (χ0n) is 10.6. The summed E-state index contributed by atoms with van der Waals surface area (Å²) in [4.78, 5) is 13.8. The van der Waals surface area contributed by atoms with Crippen LogP contribution >= 0.6 is 0 Å². The maximum absolute atomic E-state index is 12.8. The van der Waals surface area contributed by atoms with Crippen LogP contribution in [-0.2, 0) is 4.79 Å². The molecule has 0 bridgehead atoms. The predicted molar refractivity (Wildman–Crippen MR) is 59.4 cm³/mol. The maximum Gasteiger partial charge on any atom is 0.405 e. The average molecular weight is 255 g/mol. The zero-order valence-corrected chi connectivity index (χ0v) is 10.6. The fourth-order valence-electron chi connectivity index (χ4n) is 1.56. The summed E-state index contributed by atoms with van der Waals surface area (Å²) in [6.45, 7) is 2.70. The summed E-state index contributed by atoms with van der Waals surface area (Å²) < 4.78 is 38.4. The van der Waals surface area contributed by atoms with Crippen LogP contribution in [0.3, 0.4) is 0 Å². The largest absolute Gasteiger partial charge is 0.405 e. The summed E-state index contributed by atoms with van der Waals surface area (Å²) in [5, 5.41) is 0. The molecule has 0 aliphatic rings. The molecule has 0 saturated heterocycles. The molecule has 7 heteroatoms. The van der Waals surface area contributed by atoms with Gasteiger partial charge >= 0.3 is 6.18 Å². The Morgan fingerprint density at radius 3 is 2.06 bits per heavy atom. The second-order valence-electron chi connectivity index (χ2n) is 4.20. The monoisotopic (exact) mass is 255 g/mol. The third kappa shape index (κ3) is 4.91. The van der Waals surface area contributed by atoms with E-state index in [1.165, 1.54) is 25.9 Å². The first kappa shape index (κ1) is 16.2. The Morgan fingerprint density at radius 1 is 1.35 bits per heavy atom. The normalized spacial score (nSPS) is 15.8. The van der Waals surface area contributed by atoms with Gasteiger partial charge in [0.2, 0.25) is 5.91 Å². The average Bonchev–Trinajstić information content (AvgIpc) is 2.13. The van der Waals surface area contributed by atoms with E-state index in [2.05, 4.69) is 0 Å². The van der Waals surface area contributed by atoms with Crippen molar-refractivity contribution < 1.29 is 18.0 Å². The Bertz CT molecular complexity index is 254. The number of nitrogens with two attached hydrogens (primary N) is 1. The quantitative estimate of drug-likeness (QED) is 0.785. The van der Waals surface area contributed by atoms with Gasteiger partial charge in [-0.1, -0.05) is 6.92 Å². The standard InChI is InChI=1S/C10H20F3N3O/c1-5-16(6-8(17)15(3)4)9(7(2)14)10(11,12)13/h7,9H,5-6,14H2,1-4H3. The number of nitrogens with zero attached hydrogens (tertiary/aromatic N) is 2. The summed E-state index contributed by atoms with van der Waals surface area (Å²) in [6, 6.07) is -2.87. The van der Waals surface area contributed by atoms with Crippen molar-refractivity contribution in [3.63, 3.8) is 0 Å². The van der Waals surface area contributed by atoms with Gasteiger partial charge in [-0.3, -0.25) is 9.69 Å². The van der Waals surface area contributed by atoms with Crippen LogP contribution in [0.4, 0.5) is 13.2 Å². The molecule has 0 aromatic carbocycles. The first-order chi connectivity index (χ1) is 7.61. The third-order valence-electron chi connectivity index (χ3n) is 2.47. The number of amides is 1. The number of hydrogen-bond acceptors (Lipinski definition) is 3. The molecule has 1 amide bonds. The van der Waals surface area contributed by atoms with E-state index in [9.17, 15) is 18.0 Å². The molecule has 0 aromatic heterocycles. The second-order valence-corrected chi connectivity index (χ2v) is 4.20. The van der Waals surface area contributed by atoms with E-state index in [4.69, 9.17) is 5.73 Å². The Balaban J connectivity index is 4.87. The molecule has 2 atom stereocenters. The van der Waals surface area contributed by atoms with Crippen molar-refractivity contribution in [1.29, 1.82) is 0 Å². The predicted octanol–water partition coefficient (Wildman–Crippen LogP) is 0.675. The fourth-order valence-corrected chi connectivity index (χ4v) is 1.56. The van der Waals surface area contributed by atoms with Gasteiger partial charge in [-0.25, -0.2) is 0 Å². The van der Waals surface area contributed by atoms with Crippen molar-refractivity contribution in [2.45, 2.75) is 32.1 Å². The Labute approximate surface area is 99.5 Å². The van der Waals surface area contributed by atoms with E-state index in [1.807, 2.05) is 0 Å². The molecule has 2 N–H and O–H groups in total. The van der Waals surface area contributed by atoms with E-state index >= 15 is 0 Å². The van der Waals surface area contributed by atoms with E-state index in [0.29, 0.717) is 0 Å². The molecule has 2 unspecified atom stereocenters. The number of rotatable bonds is 5. The number of hydrogen-bond donors (Lipinski definition) is 1. The number of halogens is 3. The molecular weight excluding hydrogens is 235 g/mol. The Kier molecular flexibility index (Phi) is 5.91. The van der Waals surface area contributed by atoms with Gasteiger partial charge in [0.05, 0.1) is 6.54 Å². The van der Waals surface area contributed by atoms with Crippen LogP contribution in [0.25, 0.3) is 0 Å². The van der Waals surface area contributed by atoms with Crippen molar-refractivity contribution in [1.82, 2.24) is 9.80 Å². The molecule has 17 heavy (non-hydrogen) atoms. The van der Waals surface area contributed by atoms with Gasteiger partial charge in [-0.2, -0.15) is 13.2 Å². The summed E-state index contributed by atoms with van der Waals surface area (Å²) >= 11 is 0. The molecule has 0 aliphatic carbocycles. The summed E-state index contributed by atoms with van der Waals surface area (Å²) in [7, 11) is 3.01. The molecule has 0 fully saturated rings.